The van der Waals surface area contributed by atoms with Gasteiger partial charge in [0, 0.05) is 13.1 Å². The molecule has 0 unspecified atom stereocenters. The lowest BCUT2D eigenvalue weighted by Gasteiger charge is -2.41. The molecule has 0 bridgehead atoms. The zero-order valence-electron chi connectivity index (χ0n) is 14.9. The minimum Gasteiger partial charge on any atom is -0.444 e. The number of hydrogen-bond acceptors (Lipinski definition) is 3. The number of allylic oxidation sites excluding steroid dienone is 4. The van der Waals surface area contributed by atoms with E-state index in [9.17, 15) is 4.79 Å². The van der Waals surface area contributed by atoms with Gasteiger partial charge >= 0.3 is 6.09 Å². The van der Waals surface area contributed by atoms with Crippen molar-refractivity contribution in [1.82, 2.24) is 4.90 Å². The Bertz CT molecular complexity index is 452. The van der Waals surface area contributed by atoms with Crippen molar-refractivity contribution in [3.05, 3.63) is 37.0 Å². The van der Waals surface area contributed by atoms with Gasteiger partial charge in [0.15, 0.2) is 0 Å². The third-order valence-corrected chi connectivity index (χ3v) is 4.35. The summed E-state index contributed by atoms with van der Waals surface area (Å²) in [6, 6.07) is 0. The average Bonchev–Trinajstić information content (AvgIpc) is 2.49. The number of likely N-dealkylation sites (tertiary alicyclic amines) is 1. The molecule has 1 rings (SSSR count). The molecule has 1 amide bonds. The highest BCUT2D eigenvalue weighted by Gasteiger charge is 2.35. The second kappa shape index (κ2) is 8.34. The number of nitrogens with zero attached hydrogens (tertiary/aromatic N) is 1. The first kappa shape index (κ1) is 19.5. The van der Waals surface area contributed by atoms with Gasteiger partial charge in [0.1, 0.15) is 5.60 Å². The van der Waals surface area contributed by atoms with Gasteiger partial charge in [-0.05, 0) is 58.4 Å². The van der Waals surface area contributed by atoms with Gasteiger partial charge in [0.25, 0.3) is 0 Å². The number of carbonyl (C=O) groups is 1. The summed E-state index contributed by atoms with van der Waals surface area (Å²) in [5, 5.41) is 0. The molecule has 130 valence electrons. The predicted molar refractivity (Wildman–Crippen MR) is 96.2 cm³/mol. The van der Waals surface area contributed by atoms with Gasteiger partial charge in [0.2, 0.25) is 0 Å². The van der Waals surface area contributed by atoms with Gasteiger partial charge in [-0.15, -0.1) is 0 Å². The molecule has 0 aromatic heterocycles. The Morgan fingerprint density at radius 1 is 1.35 bits per heavy atom. The predicted octanol–water partition coefficient (Wildman–Crippen LogP) is 4.04. The highest BCUT2D eigenvalue weighted by Crippen LogP contribution is 2.36. The summed E-state index contributed by atoms with van der Waals surface area (Å²) in [6.45, 7) is 15.5. The molecular weight excluding hydrogens is 288 g/mol. The van der Waals surface area contributed by atoms with Gasteiger partial charge in [-0.3, -0.25) is 0 Å². The van der Waals surface area contributed by atoms with Crippen LogP contribution >= 0.6 is 0 Å². The van der Waals surface area contributed by atoms with E-state index < -0.39 is 5.60 Å². The molecule has 2 N–H and O–H groups in total. The SMILES string of the molecule is C=C/C=C\C(=C)CCC1(CN)CCN(C(=O)OC(C)(C)C)CC1. The van der Waals surface area contributed by atoms with E-state index in [0.29, 0.717) is 19.6 Å². The van der Waals surface area contributed by atoms with E-state index in [1.54, 1.807) is 11.0 Å². The Kier molecular flexibility index (Phi) is 7.07. The first-order valence-electron chi connectivity index (χ1n) is 8.36. The summed E-state index contributed by atoms with van der Waals surface area (Å²) in [4.78, 5) is 13.9. The lowest BCUT2D eigenvalue weighted by Crippen LogP contribution is -2.47. The van der Waals surface area contributed by atoms with Crippen molar-refractivity contribution in [2.24, 2.45) is 11.1 Å². The summed E-state index contributed by atoms with van der Waals surface area (Å²) < 4.78 is 5.44. The molecule has 0 aliphatic carbocycles. The van der Waals surface area contributed by atoms with Crippen molar-refractivity contribution in [2.75, 3.05) is 19.6 Å². The second-order valence-electron chi connectivity index (χ2n) is 7.42. The minimum absolute atomic E-state index is 0.101. The van der Waals surface area contributed by atoms with Gasteiger partial charge in [-0.25, -0.2) is 4.79 Å². The molecule has 0 radical (unpaired) electrons. The number of amides is 1. The Hall–Kier alpha value is -1.55. The molecule has 1 saturated heterocycles. The highest BCUT2D eigenvalue weighted by atomic mass is 16.6. The van der Waals surface area contributed by atoms with Crippen molar-refractivity contribution in [2.45, 2.75) is 52.1 Å². The first-order valence-corrected chi connectivity index (χ1v) is 8.36. The Morgan fingerprint density at radius 3 is 2.43 bits per heavy atom. The van der Waals surface area contributed by atoms with Crippen LogP contribution in [0.4, 0.5) is 4.79 Å². The Balaban J connectivity index is 2.52. The maximum absolute atomic E-state index is 12.1. The number of nitrogens with two attached hydrogens (primary N) is 1. The van der Waals surface area contributed by atoms with Crippen molar-refractivity contribution < 1.29 is 9.53 Å². The summed E-state index contributed by atoms with van der Waals surface area (Å²) in [5.74, 6) is 0. The smallest absolute Gasteiger partial charge is 0.410 e. The molecule has 0 atom stereocenters. The molecule has 4 nitrogen and oxygen atoms in total. The lowest BCUT2D eigenvalue weighted by molar-refractivity contribution is 0.00995. The minimum atomic E-state index is -0.450. The Labute approximate surface area is 141 Å². The standard InChI is InChI=1S/C19H32N2O2/c1-6-7-8-16(2)9-10-19(15-20)11-13-21(14-12-19)17(22)23-18(3,4)5/h6-8H,1-2,9-15,20H2,3-5H3/b8-7-. The van der Waals surface area contributed by atoms with Gasteiger partial charge in [-0.2, -0.15) is 0 Å². The first-order chi connectivity index (χ1) is 10.7. The van der Waals surface area contributed by atoms with Gasteiger partial charge in [-0.1, -0.05) is 37.0 Å². The molecule has 4 heteroatoms. The number of ether oxygens (including phenoxy) is 1. The fourth-order valence-corrected chi connectivity index (χ4v) is 2.76. The normalized spacial score (nSPS) is 18.0. The van der Waals surface area contributed by atoms with E-state index >= 15 is 0 Å². The topological polar surface area (TPSA) is 55.6 Å². The molecule has 0 aromatic rings. The Morgan fingerprint density at radius 2 is 1.96 bits per heavy atom. The number of hydrogen-bond donors (Lipinski definition) is 1. The van der Waals surface area contributed by atoms with Crippen LogP contribution in [0, 0.1) is 5.41 Å². The summed E-state index contributed by atoms with van der Waals surface area (Å²) in [5.41, 5.74) is 6.79. The summed E-state index contributed by atoms with van der Waals surface area (Å²) in [7, 11) is 0. The van der Waals surface area contributed by atoms with E-state index in [4.69, 9.17) is 10.5 Å². The zero-order chi connectivity index (χ0) is 17.5. The fourth-order valence-electron chi connectivity index (χ4n) is 2.76. The average molecular weight is 320 g/mol. The maximum atomic E-state index is 12.1. The van der Waals surface area contributed by atoms with Crippen molar-refractivity contribution in [1.29, 1.82) is 0 Å². The molecule has 1 heterocycles. The van der Waals surface area contributed by atoms with E-state index in [1.165, 1.54) is 0 Å². The number of rotatable bonds is 6. The van der Waals surface area contributed by atoms with Crippen molar-refractivity contribution >= 4 is 6.09 Å². The molecular formula is C19H32N2O2. The van der Waals surface area contributed by atoms with Crippen LogP contribution in [0.25, 0.3) is 0 Å². The van der Waals surface area contributed by atoms with Crippen LogP contribution in [-0.4, -0.2) is 36.2 Å². The monoisotopic (exact) mass is 320 g/mol. The molecule has 0 aromatic carbocycles. The second-order valence-corrected chi connectivity index (χ2v) is 7.42. The third kappa shape index (κ3) is 6.61. The summed E-state index contributed by atoms with van der Waals surface area (Å²) in [6.07, 6.45) is 9.20. The fraction of sp³-hybridized carbons (Fsp3) is 0.632. The largest absolute Gasteiger partial charge is 0.444 e. The molecule has 0 saturated carbocycles. The third-order valence-electron chi connectivity index (χ3n) is 4.35. The highest BCUT2D eigenvalue weighted by molar-refractivity contribution is 5.68. The molecule has 1 aliphatic rings. The number of piperidine rings is 1. The molecule has 1 aliphatic heterocycles. The van der Waals surface area contributed by atoms with Crippen LogP contribution in [0.2, 0.25) is 0 Å². The molecule has 0 spiro atoms. The van der Waals surface area contributed by atoms with Crippen LogP contribution in [0.1, 0.15) is 46.5 Å². The van der Waals surface area contributed by atoms with Gasteiger partial charge < -0.3 is 15.4 Å². The van der Waals surface area contributed by atoms with Gasteiger partial charge in [0.05, 0.1) is 0 Å². The van der Waals surface area contributed by atoms with Crippen LogP contribution in [0.3, 0.4) is 0 Å². The van der Waals surface area contributed by atoms with Crippen molar-refractivity contribution in [3.63, 3.8) is 0 Å². The zero-order valence-corrected chi connectivity index (χ0v) is 14.9. The lowest BCUT2D eigenvalue weighted by atomic mass is 9.74. The quantitative estimate of drug-likeness (QED) is 0.751. The molecule has 1 fully saturated rings. The van der Waals surface area contributed by atoms with E-state index in [2.05, 4.69) is 13.2 Å². The van der Waals surface area contributed by atoms with Crippen LogP contribution in [0.5, 0.6) is 0 Å². The van der Waals surface area contributed by atoms with E-state index in [0.717, 1.165) is 31.3 Å². The van der Waals surface area contributed by atoms with Crippen LogP contribution < -0.4 is 5.73 Å². The summed E-state index contributed by atoms with van der Waals surface area (Å²) >= 11 is 0. The molecule has 23 heavy (non-hydrogen) atoms. The van der Waals surface area contributed by atoms with Crippen LogP contribution in [0.15, 0.2) is 37.0 Å². The van der Waals surface area contributed by atoms with E-state index in [1.807, 2.05) is 32.9 Å². The maximum Gasteiger partial charge on any atom is 0.410 e. The van der Waals surface area contributed by atoms with Crippen LogP contribution in [-0.2, 0) is 4.74 Å². The van der Waals surface area contributed by atoms with Crippen molar-refractivity contribution in [3.8, 4) is 0 Å². The van der Waals surface area contributed by atoms with E-state index in [-0.39, 0.29) is 11.5 Å². The number of carbonyl (C=O) groups excluding carboxylic acids is 1.